The molecule has 1 heterocycles. The molecule has 4 saturated carbocycles. The monoisotopic (exact) mass is 340 g/mol. The van der Waals surface area contributed by atoms with Crippen LogP contribution in [0.2, 0.25) is 0 Å². The Hall–Kier alpha value is -1.88. The van der Waals surface area contributed by atoms with E-state index in [1.807, 2.05) is 24.3 Å². The van der Waals surface area contributed by atoms with Gasteiger partial charge in [0.25, 0.3) is 5.91 Å². The number of anilines is 2. The van der Waals surface area contributed by atoms with Crippen LogP contribution >= 0.6 is 0 Å². The summed E-state index contributed by atoms with van der Waals surface area (Å²) in [6.45, 7) is 0.582. The van der Waals surface area contributed by atoms with Gasteiger partial charge < -0.3 is 10.6 Å². The minimum atomic E-state index is -0.109. The second-order valence-corrected chi connectivity index (χ2v) is 8.73. The molecule has 1 aromatic carbocycles. The molecular weight excluding hydrogens is 314 g/mol. The van der Waals surface area contributed by atoms with E-state index < -0.39 is 0 Å². The Morgan fingerprint density at radius 3 is 2.44 bits per heavy atom. The Morgan fingerprint density at radius 2 is 1.76 bits per heavy atom. The average Bonchev–Trinajstić information content (AvgIpc) is 2.58. The number of para-hydroxylation sites is 2. The first-order valence-electron chi connectivity index (χ1n) is 9.64. The number of nitrogens with one attached hydrogen (secondary N) is 1. The van der Waals surface area contributed by atoms with E-state index in [1.54, 1.807) is 4.90 Å². The number of benzene rings is 1. The largest absolute Gasteiger partial charge is 0.334 e. The van der Waals surface area contributed by atoms with Crippen molar-refractivity contribution < 1.29 is 14.9 Å². The van der Waals surface area contributed by atoms with Crippen LogP contribution in [-0.2, 0) is 9.59 Å². The number of amides is 2. The van der Waals surface area contributed by atoms with E-state index >= 15 is 0 Å². The van der Waals surface area contributed by atoms with E-state index in [0.29, 0.717) is 12.1 Å². The number of fused-ring (bicyclic) bond motifs is 1. The van der Waals surface area contributed by atoms with Crippen LogP contribution in [0.25, 0.3) is 0 Å². The number of hydrogen-bond donors (Lipinski definition) is 2. The smallest absolute Gasteiger partial charge is 0.282 e. The molecule has 0 unspecified atom stereocenters. The van der Waals surface area contributed by atoms with Crippen LogP contribution in [0.15, 0.2) is 24.3 Å². The Labute approximate surface area is 148 Å². The fourth-order valence-corrected chi connectivity index (χ4v) is 6.30. The van der Waals surface area contributed by atoms with Crippen LogP contribution in [0.5, 0.6) is 0 Å². The van der Waals surface area contributed by atoms with Gasteiger partial charge in [0.05, 0.1) is 16.9 Å². The molecule has 0 atom stereocenters. The Bertz CT molecular complexity index is 694. The molecule has 0 saturated heterocycles. The highest BCUT2D eigenvalue weighted by Gasteiger charge is 2.53. The lowest BCUT2D eigenvalue weighted by Gasteiger charge is -2.54. The first-order chi connectivity index (χ1) is 12.1. The van der Waals surface area contributed by atoms with E-state index in [9.17, 15) is 9.59 Å². The fourth-order valence-electron chi connectivity index (χ4n) is 6.30. The molecule has 1 aromatic rings. The van der Waals surface area contributed by atoms with Crippen molar-refractivity contribution >= 4 is 23.2 Å². The minimum absolute atomic E-state index is 0.0537. The molecule has 5 nitrogen and oxygen atoms in total. The Balaban J connectivity index is 1.31. The normalized spacial score (nSPS) is 35.4. The Kier molecular flexibility index (Phi) is 3.42. The standard InChI is InChI=1S/C20H25N3O2/c24-18-12-23(17-4-2-1-3-16(17)22-18)19(25)11-21-20-8-13-5-14(9-20)7-15(6-13)10-20/h1-4,13-15,21H,5-12H2,(H,22,24)/p+1. The van der Waals surface area contributed by atoms with Gasteiger partial charge in [-0.25, -0.2) is 0 Å². The second kappa shape index (κ2) is 5.56. The molecule has 0 aromatic heterocycles. The van der Waals surface area contributed by atoms with E-state index in [2.05, 4.69) is 10.6 Å². The number of quaternary nitrogens is 1. The summed E-state index contributed by atoms with van der Waals surface area (Å²) in [4.78, 5) is 26.5. The highest BCUT2D eigenvalue weighted by atomic mass is 16.2. The van der Waals surface area contributed by atoms with Crippen molar-refractivity contribution in [3.8, 4) is 0 Å². The summed E-state index contributed by atoms with van der Waals surface area (Å²) in [6.07, 6.45) is 8.10. The third-order valence-corrected chi connectivity index (χ3v) is 6.87. The lowest BCUT2D eigenvalue weighted by molar-refractivity contribution is -0.729. The molecule has 0 radical (unpaired) electrons. The van der Waals surface area contributed by atoms with Gasteiger partial charge in [-0.2, -0.15) is 0 Å². The summed E-state index contributed by atoms with van der Waals surface area (Å²) in [6, 6.07) is 7.57. The summed E-state index contributed by atoms with van der Waals surface area (Å²) in [7, 11) is 0. The van der Waals surface area contributed by atoms with Gasteiger partial charge in [0.2, 0.25) is 5.91 Å². The van der Waals surface area contributed by atoms with Gasteiger partial charge in [0, 0.05) is 19.3 Å². The molecule has 0 spiro atoms. The molecular formula is C20H26N3O2+. The summed E-state index contributed by atoms with van der Waals surface area (Å²) in [5, 5.41) is 5.18. The topological polar surface area (TPSA) is 66.0 Å². The number of nitrogens with zero attached hydrogens (tertiary/aromatic N) is 1. The zero-order chi connectivity index (χ0) is 17.0. The quantitative estimate of drug-likeness (QED) is 0.876. The number of nitrogens with two attached hydrogens (primary N) is 1. The molecule has 4 bridgehead atoms. The minimum Gasteiger partial charge on any atom is -0.334 e. The summed E-state index contributed by atoms with van der Waals surface area (Å²) < 4.78 is 0. The highest BCUT2D eigenvalue weighted by Crippen LogP contribution is 2.54. The third kappa shape index (κ3) is 2.65. The molecule has 3 N–H and O–H groups in total. The summed E-state index contributed by atoms with van der Waals surface area (Å²) >= 11 is 0. The van der Waals surface area contributed by atoms with E-state index in [4.69, 9.17) is 0 Å². The fraction of sp³-hybridized carbons (Fsp3) is 0.600. The van der Waals surface area contributed by atoms with Gasteiger partial charge in [0.1, 0.15) is 6.54 Å². The van der Waals surface area contributed by atoms with Crippen molar-refractivity contribution in [2.45, 2.75) is 44.1 Å². The number of hydrogen-bond acceptors (Lipinski definition) is 2. The van der Waals surface area contributed by atoms with Crippen LogP contribution in [0.3, 0.4) is 0 Å². The summed E-state index contributed by atoms with van der Waals surface area (Å²) in [5.41, 5.74) is 1.86. The molecule has 4 aliphatic carbocycles. The first-order valence-corrected chi connectivity index (χ1v) is 9.64. The van der Waals surface area contributed by atoms with Crippen molar-refractivity contribution in [1.82, 2.24) is 0 Å². The van der Waals surface area contributed by atoms with Gasteiger partial charge in [-0.15, -0.1) is 0 Å². The van der Waals surface area contributed by atoms with E-state index in [0.717, 1.165) is 29.1 Å². The molecule has 6 rings (SSSR count). The molecule has 4 fully saturated rings. The van der Waals surface area contributed by atoms with Crippen molar-refractivity contribution in [1.29, 1.82) is 0 Å². The molecule has 5 aliphatic rings. The molecule has 132 valence electrons. The maximum Gasteiger partial charge on any atom is 0.282 e. The van der Waals surface area contributed by atoms with Crippen molar-refractivity contribution in [3.63, 3.8) is 0 Å². The van der Waals surface area contributed by atoms with Crippen LogP contribution in [-0.4, -0.2) is 30.4 Å². The third-order valence-electron chi connectivity index (χ3n) is 6.87. The predicted molar refractivity (Wildman–Crippen MR) is 95.1 cm³/mol. The van der Waals surface area contributed by atoms with Crippen molar-refractivity contribution in [2.24, 2.45) is 17.8 Å². The molecule has 25 heavy (non-hydrogen) atoms. The van der Waals surface area contributed by atoms with Crippen molar-refractivity contribution in [2.75, 3.05) is 23.3 Å². The Morgan fingerprint density at radius 1 is 1.12 bits per heavy atom. The maximum atomic E-state index is 12.9. The number of carbonyl (C=O) groups excluding carboxylic acids is 2. The van der Waals surface area contributed by atoms with Crippen LogP contribution in [0.4, 0.5) is 11.4 Å². The van der Waals surface area contributed by atoms with E-state index in [-0.39, 0.29) is 18.4 Å². The van der Waals surface area contributed by atoms with E-state index in [1.165, 1.54) is 38.5 Å². The summed E-state index contributed by atoms with van der Waals surface area (Å²) in [5.74, 6) is 2.61. The van der Waals surface area contributed by atoms with Crippen LogP contribution < -0.4 is 15.5 Å². The SMILES string of the molecule is O=C1CN(C(=O)C[NH2+]C23CC4CC(CC(C4)C2)C3)c2ccccc2N1. The molecule has 2 amide bonds. The van der Waals surface area contributed by atoms with Crippen LogP contribution in [0, 0.1) is 17.8 Å². The predicted octanol–water partition coefficient (Wildman–Crippen LogP) is 1.50. The first kappa shape index (κ1) is 15.4. The lowest BCUT2D eigenvalue weighted by Crippen LogP contribution is -3.00. The lowest BCUT2D eigenvalue weighted by atomic mass is 9.53. The zero-order valence-corrected chi connectivity index (χ0v) is 14.5. The van der Waals surface area contributed by atoms with Gasteiger partial charge >= 0.3 is 0 Å². The van der Waals surface area contributed by atoms with Crippen molar-refractivity contribution in [3.05, 3.63) is 24.3 Å². The van der Waals surface area contributed by atoms with Gasteiger partial charge in [-0.05, 0) is 49.1 Å². The number of rotatable bonds is 3. The van der Waals surface area contributed by atoms with Crippen LogP contribution in [0.1, 0.15) is 38.5 Å². The van der Waals surface area contributed by atoms with Gasteiger partial charge in [-0.1, -0.05) is 12.1 Å². The average molecular weight is 340 g/mol. The maximum absolute atomic E-state index is 12.9. The molecule has 5 heteroatoms. The zero-order valence-electron chi connectivity index (χ0n) is 14.5. The highest BCUT2D eigenvalue weighted by molar-refractivity contribution is 6.10. The van der Waals surface area contributed by atoms with Gasteiger partial charge in [-0.3, -0.25) is 14.5 Å². The second-order valence-electron chi connectivity index (χ2n) is 8.73. The molecule has 1 aliphatic heterocycles. The van der Waals surface area contributed by atoms with Gasteiger partial charge in [0.15, 0.2) is 6.54 Å². The number of carbonyl (C=O) groups is 2.